The molecule has 0 bridgehead atoms. The lowest BCUT2D eigenvalue weighted by Gasteiger charge is -2.36. The van der Waals surface area contributed by atoms with Gasteiger partial charge in [0.05, 0.1) is 5.60 Å². The molecule has 2 heterocycles. The highest BCUT2D eigenvalue weighted by Gasteiger charge is 2.28. The third kappa shape index (κ3) is 3.28. The number of hydrazine groups is 1. The normalized spacial score (nSPS) is 23.1. The number of hydrogen-bond acceptors (Lipinski definition) is 6. The van der Waals surface area contributed by atoms with Crippen LogP contribution in [0.1, 0.15) is 26.7 Å². The molecule has 1 unspecified atom stereocenters. The maximum absolute atomic E-state index is 5.67. The Morgan fingerprint density at radius 3 is 2.88 bits per heavy atom. The van der Waals surface area contributed by atoms with Gasteiger partial charge in [-0.2, -0.15) is 0 Å². The minimum atomic E-state index is -0.0715. The highest BCUT2D eigenvalue weighted by atomic mass is 16.5. The smallest absolute Gasteiger partial charge is 0.145 e. The molecule has 1 aromatic rings. The number of nitrogen functional groups attached to an aromatic ring is 1. The zero-order valence-corrected chi connectivity index (χ0v) is 10.2. The van der Waals surface area contributed by atoms with Crippen LogP contribution in [-0.4, -0.2) is 28.2 Å². The van der Waals surface area contributed by atoms with E-state index < -0.39 is 0 Å². The van der Waals surface area contributed by atoms with Gasteiger partial charge in [0.2, 0.25) is 0 Å². The summed E-state index contributed by atoms with van der Waals surface area (Å²) in [6.45, 7) is 4.99. The quantitative estimate of drug-likeness (QED) is 0.540. The van der Waals surface area contributed by atoms with Gasteiger partial charge in [0, 0.05) is 18.7 Å². The summed E-state index contributed by atoms with van der Waals surface area (Å²) in [7, 11) is 0. The molecular formula is C11H19N5O. The van der Waals surface area contributed by atoms with Gasteiger partial charge in [0.1, 0.15) is 18.0 Å². The van der Waals surface area contributed by atoms with E-state index in [0.29, 0.717) is 11.9 Å². The molecule has 4 N–H and O–H groups in total. The van der Waals surface area contributed by atoms with E-state index in [-0.39, 0.29) is 5.60 Å². The molecule has 1 aliphatic rings. The van der Waals surface area contributed by atoms with Crippen LogP contribution in [-0.2, 0) is 4.74 Å². The number of rotatable bonds is 3. The predicted octanol–water partition coefficient (Wildman–Crippen LogP) is 1.13. The minimum absolute atomic E-state index is 0.0715. The second-order valence-electron chi connectivity index (χ2n) is 4.88. The lowest BCUT2D eigenvalue weighted by atomic mass is 9.94. The maximum atomic E-state index is 5.67. The Morgan fingerprint density at radius 2 is 2.18 bits per heavy atom. The van der Waals surface area contributed by atoms with Crippen molar-refractivity contribution in [1.82, 2.24) is 9.97 Å². The summed E-state index contributed by atoms with van der Waals surface area (Å²) in [5.41, 5.74) is 2.43. The summed E-state index contributed by atoms with van der Waals surface area (Å²) in [4.78, 5) is 8.14. The molecule has 0 aromatic carbocycles. The molecule has 0 spiro atoms. The number of anilines is 2. The lowest BCUT2D eigenvalue weighted by Crippen LogP contribution is -2.40. The molecule has 1 aliphatic heterocycles. The first-order valence-corrected chi connectivity index (χ1v) is 5.78. The second kappa shape index (κ2) is 4.85. The Morgan fingerprint density at radius 1 is 1.41 bits per heavy atom. The molecule has 0 radical (unpaired) electrons. The van der Waals surface area contributed by atoms with Crippen molar-refractivity contribution in [2.45, 2.75) is 38.3 Å². The van der Waals surface area contributed by atoms with E-state index in [0.717, 1.165) is 25.3 Å². The van der Waals surface area contributed by atoms with E-state index in [9.17, 15) is 0 Å². The van der Waals surface area contributed by atoms with Gasteiger partial charge in [-0.15, -0.1) is 0 Å². The van der Waals surface area contributed by atoms with Crippen molar-refractivity contribution in [1.29, 1.82) is 0 Å². The Bertz CT molecular complexity index is 382. The fourth-order valence-electron chi connectivity index (χ4n) is 2.08. The third-order valence-corrected chi connectivity index (χ3v) is 2.86. The average Bonchev–Trinajstić information content (AvgIpc) is 2.28. The van der Waals surface area contributed by atoms with Crippen LogP contribution in [0.3, 0.4) is 0 Å². The molecule has 0 aliphatic carbocycles. The minimum Gasteiger partial charge on any atom is -0.375 e. The van der Waals surface area contributed by atoms with E-state index in [2.05, 4.69) is 34.6 Å². The maximum Gasteiger partial charge on any atom is 0.145 e. The monoisotopic (exact) mass is 237 g/mol. The molecule has 17 heavy (non-hydrogen) atoms. The van der Waals surface area contributed by atoms with Crippen LogP contribution < -0.4 is 16.6 Å². The van der Waals surface area contributed by atoms with Gasteiger partial charge >= 0.3 is 0 Å². The van der Waals surface area contributed by atoms with Crippen molar-refractivity contribution >= 4 is 11.6 Å². The summed E-state index contributed by atoms with van der Waals surface area (Å²) < 4.78 is 5.67. The van der Waals surface area contributed by atoms with Crippen molar-refractivity contribution in [2.75, 3.05) is 17.3 Å². The van der Waals surface area contributed by atoms with Crippen LogP contribution >= 0.6 is 0 Å². The standard InChI is InChI=1S/C11H19N5O/c1-11(2)6-8(3-4-17-11)15-9-5-10(16-12)14-7-13-9/h5,7-8H,3-4,6,12H2,1-2H3,(H2,13,14,15,16). The average molecular weight is 237 g/mol. The highest BCUT2D eigenvalue weighted by molar-refractivity contribution is 5.46. The highest BCUT2D eigenvalue weighted by Crippen LogP contribution is 2.26. The van der Waals surface area contributed by atoms with Gasteiger partial charge in [-0.1, -0.05) is 0 Å². The van der Waals surface area contributed by atoms with Crippen LogP contribution in [0.15, 0.2) is 12.4 Å². The summed E-state index contributed by atoms with van der Waals surface area (Å²) in [6.07, 6.45) is 3.43. The zero-order valence-electron chi connectivity index (χ0n) is 10.2. The number of nitrogens with zero attached hydrogens (tertiary/aromatic N) is 2. The first kappa shape index (κ1) is 12.1. The van der Waals surface area contributed by atoms with Crippen molar-refractivity contribution in [3.63, 3.8) is 0 Å². The van der Waals surface area contributed by atoms with Crippen molar-refractivity contribution < 1.29 is 4.74 Å². The van der Waals surface area contributed by atoms with E-state index in [1.54, 1.807) is 6.07 Å². The summed E-state index contributed by atoms with van der Waals surface area (Å²) >= 11 is 0. The van der Waals surface area contributed by atoms with E-state index in [1.165, 1.54) is 6.33 Å². The Balaban J connectivity index is 2.00. The molecule has 6 heteroatoms. The molecule has 1 aromatic heterocycles. The van der Waals surface area contributed by atoms with Crippen molar-refractivity contribution in [2.24, 2.45) is 5.84 Å². The Kier molecular flexibility index (Phi) is 3.44. The van der Waals surface area contributed by atoms with Gasteiger partial charge < -0.3 is 15.5 Å². The second-order valence-corrected chi connectivity index (χ2v) is 4.88. The van der Waals surface area contributed by atoms with Gasteiger partial charge in [0.15, 0.2) is 0 Å². The molecule has 0 amide bonds. The predicted molar refractivity (Wildman–Crippen MR) is 66.5 cm³/mol. The first-order valence-electron chi connectivity index (χ1n) is 5.78. The molecule has 1 saturated heterocycles. The fourth-order valence-corrected chi connectivity index (χ4v) is 2.08. The van der Waals surface area contributed by atoms with Crippen molar-refractivity contribution in [3.05, 3.63) is 12.4 Å². The molecular weight excluding hydrogens is 218 g/mol. The van der Waals surface area contributed by atoms with Crippen LogP contribution in [0.25, 0.3) is 0 Å². The Hall–Kier alpha value is -1.40. The molecule has 6 nitrogen and oxygen atoms in total. The summed E-state index contributed by atoms with van der Waals surface area (Å²) in [5.74, 6) is 6.70. The third-order valence-electron chi connectivity index (χ3n) is 2.86. The summed E-state index contributed by atoms with van der Waals surface area (Å²) in [5, 5.41) is 3.38. The van der Waals surface area contributed by atoms with Crippen molar-refractivity contribution in [3.8, 4) is 0 Å². The molecule has 1 fully saturated rings. The lowest BCUT2D eigenvalue weighted by molar-refractivity contribution is -0.0553. The van der Waals surface area contributed by atoms with Gasteiger partial charge in [-0.25, -0.2) is 15.8 Å². The number of aromatic nitrogens is 2. The largest absolute Gasteiger partial charge is 0.375 e. The molecule has 1 atom stereocenters. The molecule has 0 saturated carbocycles. The molecule has 2 rings (SSSR count). The SMILES string of the molecule is CC1(C)CC(Nc2cc(NN)ncn2)CCO1. The number of nitrogens with one attached hydrogen (secondary N) is 2. The zero-order chi connectivity index (χ0) is 12.3. The van der Waals surface area contributed by atoms with Gasteiger partial charge in [-0.05, 0) is 26.7 Å². The first-order chi connectivity index (χ1) is 8.09. The van der Waals surface area contributed by atoms with E-state index in [4.69, 9.17) is 10.6 Å². The van der Waals surface area contributed by atoms with E-state index >= 15 is 0 Å². The number of ether oxygens (including phenoxy) is 1. The topological polar surface area (TPSA) is 85.1 Å². The van der Waals surface area contributed by atoms with Crippen LogP contribution in [0, 0.1) is 0 Å². The van der Waals surface area contributed by atoms with Gasteiger partial charge in [-0.3, -0.25) is 0 Å². The summed E-state index contributed by atoms with van der Waals surface area (Å²) in [6, 6.07) is 2.17. The van der Waals surface area contributed by atoms with Crippen LogP contribution in [0.4, 0.5) is 11.6 Å². The van der Waals surface area contributed by atoms with Gasteiger partial charge in [0.25, 0.3) is 0 Å². The Labute approximate surface area is 101 Å². The number of hydrogen-bond donors (Lipinski definition) is 3. The molecule has 94 valence electrons. The fraction of sp³-hybridized carbons (Fsp3) is 0.636. The van der Waals surface area contributed by atoms with Crippen LogP contribution in [0.5, 0.6) is 0 Å². The van der Waals surface area contributed by atoms with Crippen LogP contribution in [0.2, 0.25) is 0 Å². The number of nitrogens with two attached hydrogens (primary N) is 1. The van der Waals surface area contributed by atoms with E-state index in [1.807, 2.05) is 0 Å².